The number of nitrogens with zero attached hydrogens (tertiary/aromatic N) is 3. The summed E-state index contributed by atoms with van der Waals surface area (Å²) in [5.41, 5.74) is 2.72. The Bertz CT molecular complexity index is 769. The van der Waals surface area contributed by atoms with E-state index in [2.05, 4.69) is 10.3 Å². The smallest absolute Gasteiger partial charge is 0.161 e. The number of hydrogen-bond acceptors (Lipinski definition) is 4. The van der Waals surface area contributed by atoms with Crippen molar-refractivity contribution in [1.82, 2.24) is 15.0 Å². The minimum atomic E-state index is 0.213. The number of benzene rings is 2. The maximum atomic E-state index is 10.2. The van der Waals surface area contributed by atoms with E-state index in [9.17, 15) is 5.11 Å². The quantitative estimate of drug-likeness (QED) is 0.760. The zero-order chi connectivity index (χ0) is 16.1. The van der Waals surface area contributed by atoms with Crippen LogP contribution in [0, 0.1) is 0 Å². The highest BCUT2D eigenvalue weighted by Crippen LogP contribution is 2.30. The van der Waals surface area contributed by atoms with E-state index in [1.807, 2.05) is 55.6 Å². The molecule has 0 unspecified atom stereocenters. The van der Waals surface area contributed by atoms with Gasteiger partial charge in [-0.05, 0) is 43.5 Å². The van der Waals surface area contributed by atoms with Gasteiger partial charge in [0.25, 0.3) is 0 Å². The zero-order valence-corrected chi connectivity index (χ0v) is 13.0. The molecule has 0 aliphatic carbocycles. The number of phenols is 1. The Morgan fingerprint density at radius 1 is 1.04 bits per heavy atom. The summed E-state index contributed by atoms with van der Waals surface area (Å²) < 4.78 is 7.16. The first kappa shape index (κ1) is 15.1. The van der Waals surface area contributed by atoms with Gasteiger partial charge in [-0.1, -0.05) is 35.5 Å². The van der Waals surface area contributed by atoms with Gasteiger partial charge in [0.15, 0.2) is 11.5 Å². The molecule has 5 nitrogen and oxygen atoms in total. The van der Waals surface area contributed by atoms with Crippen LogP contribution >= 0.6 is 0 Å². The van der Waals surface area contributed by atoms with Gasteiger partial charge in [0, 0.05) is 0 Å². The van der Waals surface area contributed by atoms with Gasteiger partial charge in [-0.3, -0.25) is 0 Å². The van der Waals surface area contributed by atoms with Gasteiger partial charge >= 0.3 is 0 Å². The van der Waals surface area contributed by atoms with Crippen molar-refractivity contribution in [2.75, 3.05) is 6.61 Å². The molecule has 118 valence electrons. The van der Waals surface area contributed by atoms with Crippen molar-refractivity contribution in [2.45, 2.75) is 19.8 Å². The summed E-state index contributed by atoms with van der Waals surface area (Å²) in [7, 11) is 0. The Morgan fingerprint density at radius 2 is 1.87 bits per heavy atom. The molecule has 0 fully saturated rings. The minimum absolute atomic E-state index is 0.213. The van der Waals surface area contributed by atoms with Crippen LogP contribution < -0.4 is 4.74 Å². The minimum Gasteiger partial charge on any atom is -0.504 e. The Labute approximate surface area is 135 Å². The van der Waals surface area contributed by atoms with E-state index in [0.29, 0.717) is 25.2 Å². The van der Waals surface area contributed by atoms with E-state index in [-0.39, 0.29) is 5.75 Å². The zero-order valence-electron chi connectivity index (χ0n) is 13.0. The predicted molar refractivity (Wildman–Crippen MR) is 88.0 cm³/mol. The van der Waals surface area contributed by atoms with E-state index >= 15 is 0 Å². The standard InChI is InChI=1S/C18H19N3O2/c1-2-23-17-10-6-7-14(18(17)22)11-12-15-13-21(20-19-15)16-8-4-3-5-9-16/h3-10,13,22H,2,11-12H2,1H3. The van der Waals surface area contributed by atoms with Crippen LogP contribution in [-0.4, -0.2) is 26.7 Å². The summed E-state index contributed by atoms with van der Waals surface area (Å²) in [4.78, 5) is 0. The lowest BCUT2D eigenvalue weighted by atomic mass is 10.1. The summed E-state index contributed by atoms with van der Waals surface area (Å²) in [5.74, 6) is 0.739. The van der Waals surface area contributed by atoms with Crippen LogP contribution in [0.3, 0.4) is 0 Å². The number of phenolic OH excluding ortho intramolecular Hbond substituents is 1. The fourth-order valence-corrected chi connectivity index (χ4v) is 2.42. The highest BCUT2D eigenvalue weighted by atomic mass is 16.5. The van der Waals surface area contributed by atoms with Gasteiger partial charge in [0.2, 0.25) is 0 Å². The second kappa shape index (κ2) is 6.96. The molecule has 0 amide bonds. The fourth-order valence-electron chi connectivity index (χ4n) is 2.42. The summed E-state index contributed by atoms with van der Waals surface area (Å²) in [6.45, 7) is 2.43. The Balaban J connectivity index is 1.70. The molecule has 1 heterocycles. The van der Waals surface area contributed by atoms with Crippen molar-refractivity contribution in [1.29, 1.82) is 0 Å². The first-order valence-corrected chi connectivity index (χ1v) is 7.68. The molecular weight excluding hydrogens is 290 g/mol. The van der Waals surface area contributed by atoms with Gasteiger partial charge in [-0.2, -0.15) is 0 Å². The maximum Gasteiger partial charge on any atom is 0.161 e. The molecule has 3 rings (SSSR count). The van der Waals surface area contributed by atoms with Crippen molar-refractivity contribution in [3.05, 3.63) is 66.0 Å². The number of para-hydroxylation sites is 2. The normalized spacial score (nSPS) is 10.7. The second-order valence-electron chi connectivity index (χ2n) is 5.19. The second-order valence-corrected chi connectivity index (χ2v) is 5.19. The average molecular weight is 309 g/mol. The molecule has 2 aromatic carbocycles. The Kier molecular flexibility index (Phi) is 4.57. The van der Waals surface area contributed by atoms with Gasteiger partial charge in [-0.25, -0.2) is 4.68 Å². The van der Waals surface area contributed by atoms with Crippen molar-refractivity contribution < 1.29 is 9.84 Å². The van der Waals surface area contributed by atoms with Crippen LogP contribution in [0.4, 0.5) is 0 Å². The van der Waals surface area contributed by atoms with Gasteiger partial charge in [0.1, 0.15) is 0 Å². The molecule has 0 radical (unpaired) electrons. The topological polar surface area (TPSA) is 60.2 Å². The molecule has 3 aromatic rings. The lowest BCUT2D eigenvalue weighted by Crippen LogP contribution is -1.96. The molecule has 0 bridgehead atoms. The highest BCUT2D eigenvalue weighted by molar-refractivity contribution is 5.45. The van der Waals surface area contributed by atoms with Crippen LogP contribution in [0.15, 0.2) is 54.7 Å². The number of aromatic hydroxyl groups is 1. The SMILES string of the molecule is CCOc1cccc(CCc2cn(-c3ccccc3)nn2)c1O. The first-order chi connectivity index (χ1) is 11.3. The third kappa shape index (κ3) is 3.51. The fraction of sp³-hybridized carbons (Fsp3) is 0.222. The van der Waals surface area contributed by atoms with Crippen molar-refractivity contribution >= 4 is 0 Å². The number of rotatable bonds is 6. The highest BCUT2D eigenvalue weighted by Gasteiger charge is 2.09. The molecule has 23 heavy (non-hydrogen) atoms. The molecule has 0 saturated carbocycles. The molecule has 0 aliphatic rings. The maximum absolute atomic E-state index is 10.2. The molecular formula is C18H19N3O2. The van der Waals surface area contributed by atoms with Crippen LogP contribution in [0.25, 0.3) is 5.69 Å². The largest absolute Gasteiger partial charge is 0.504 e. The molecule has 0 saturated heterocycles. The molecule has 0 spiro atoms. The van der Waals surface area contributed by atoms with Crippen molar-refractivity contribution in [3.63, 3.8) is 0 Å². The third-order valence-corrected chi connectivity index (χ3v) is 3.59. The molecule has 1 aromatic heterocycles. The lowest BCUT2D eigenvalue weighted by molar-refractivity contribution is 0.316. The number of hydrogen-bond donors (Lipinski definition) is 1. The monoisotopic (exact) mass is 309 g/mol. The van der Waals surface area contributed by atoms with Gasteiger partial charge < -0.3 is 9.84 Å². The van der Waals surface area contributed by atoms with E-state index < -0.39 is 0 Å². The summed E-state index contributed by atoms with van der Waals surface area (Å²) in [5, 5.41) is 18.6. The summed E-state index contributed by atoms with van der Waals surface area (Å²) in [6, 6.07) is 15.4. The first-order valence-electron chi connectivity index (χ1n) is 7.68. The van der Waals surface area contributed by atoms with Crippen LogP contribution in [0.1, 0.15) is 18.2 Å². The van der Waals surface area contributed by atoms with Gasteiger partial charge in [0.05, 0.1) is 24.2 Å². The molecule has 0 atom stereocenters. The van der Waals surface area contributed by atoms with Crippen molar-refractivity contribution in [2.24, 2.45) is 0 Å². The van der Waals surface area contributed by atoms with E-state index in [4.69, 9.17) is 4.74 Å². The van der Waals surface area contributed by atoms with Crippen LogP contribution in [-0.2, 0) is 12.8 Å². The molecule has 0 aliphatic heterocycles. The van der Waals surface area contributed by atoms with Gasteiger partial charge in [-0.15, -0.1) is 5.10 Å². The molecule has 1 N–H and O–H groups in total. The van der Waals surface area contributed by atoms with E-state index in [1.165, 1.54) is 0 Å². The number of aromatic nitrogens is 3. The van der Waals surface area contributed by atoms with Crippen LogP contribution in [0.5, 0.6) is 11.5 Å². The van der Waals surface area contributed by atoms with Crippen LogP contribution in [0.2, 0.25) is 0 Å². The van der Waals surface area contributed by atoms with Crippen molar-refractivity contribution in [3.8, 4) is 17.2 Å². The predicted octanol–water partition coefficient (Wildman–Crippen LogP) is 3.16. The van der Waals surface area contributed by atoms with E-state index in [1.54, 1.807) is 10.7 Å². The third-order valence-electron chi connectivity index (χ3n) is 3.59. The average Bonchev–Trinajstić information content (AvgIpc) is 3.06. The summed E-state index contributed by atoms with van der Waals surface area (Å²) >= 11 is 0. The Hall–Kier alpha value is -2.82. The number of aryl methyl sites for hydroxylation is 2. The van der Waals surface area contributed by atoms with E-state index in [0.717, 1.165) is 16.9 Å². The lowest BCUT2D eigenvalue weighted by Gasteiger charge is -2.09. The molecule has 5 heteroatoms. The number of ether oxygens (including phenoxy) is 1. The summed E-state index contributed by atoms with van der Waals surface area (Å²) in [6.07, 6.45) is 3.30. The Morgan fingerprint density at radius 3 is 2.65 bits per heavy atom.